The van der Waals surface area contributed by atoms with E-state index in [1.165, 1.54) is 0 Å². The first kappa shape index (κ1) is 33.7. The Morgan fingerprint density at radius 3 is 2.05 bits per heavy atom. The van der Waals surface area contributed by atoms with Crippen molar-refractivity contribution in [2.24, 2.45) is 0 Å². The Balaban J connectivity index is 1.89. The molecule has 0 aliphatic heterocycles. The second-order valence-electron chi connectivity index (χ2n) is 11.2. The molecular formula is C33H44ClN5O4. The standard InChI is InChI=1S/C33H44ClN5O4/c1-6-42-23-27(40)37-29-28(35-19-13-14-20-36-32(41)43-33(3,4)5)24(2)30(34)38-31(29)39(21-25-15-9-7-10-16-25)22-26-17-11-8-12-18-26/h7-12,15-18H,6,13-14,19-23H2,1-5H3,(H,35,38)(H,36,41)(H,37,40). The molecule has 3 N–H and O–H groups in total. The third-order valence-electron chi connectivity index (χ3n) is 6.37. The molecule has 2 amide bonds. The predicted molar refractivity (Wildman–Crippen MR) is 174 cm³/mol. The molecule has 0 spiro atoms. The number of anilines is 3. The Morgan fingerprint density at radius 1 is 0.907 bits per heavy atom. The van der Waals surface area contributed by atoms with Gasteiger partial charge in [-0.15, -0.1) is 0 Å². The Morgan fingerprint density at radius 2 is 1.49 bits per heavy atom. The number of carbonyl (C=O) groups excluding carboxylic acids is 2. The number of nitrogens with zero attached hydrogens (tertiary/aromatic N) is 2. The highest BCUT2D eigenvalue weighted by atomic mass is 35.5. The van der Waals surface area contributed by atoms with Gasteiger partial charge in [0.15, 0.2) is 5.82 Å². The second-order valence-corrected chi connectivity index (χ2v) is 11.5. The molecule has 0 aliphatic rings. The van der Waals surface area contributed by atoms with Crippen molar-refractivity contribution in [2.45, 2.75) is 66.2 Å². The summed E-state index contributed by atoms with van der Waals surface area (Å²) in [5.74, 6) is 0.276. The fourth-order valence-corrected chi connectivity index (χ4v) is 4.53. The molecule has 3 aromatic rings. The molecule has 10 heteroatoms. The van der Waals surface area contributed by atoms with Gasteiger partial charge in [-0.2, -0.15) is 0 Å². The molecule has 232 valence electrons. The summed E-state index contributed by atoms with van der Waals surface area (Å²) < 4.78 is 10.7. The van der Waals surface area contributed by atoms with Gasteiger partial charge in [-0.3, -0.25) is 4.79 Å². The number of hydrogen-bond acceptors (Lipinski definition) is 7. The summed E-state index contributed by atoms with van der Waals surface area (Å²) in [6.45, 7) is 11.7. The lowest BCUT2D eigenvalue weighted by atomic mass is 10.1. The number of pyridine rings is 1. The van der Waals surface area contributed by atoms with Crippen molar-refractivity contribution in [1.29, 1.82) is 0 Å². The van der Waals surface area contributed by atoms with Crippen LogP contribution >= 0.6 is 11.6 Å². The van der Waals surface area contributed by atoms with Crippen LogP contribution in [0.5, 0.6) is 0 Å². The molecule has 43 heavy (non-hydrogen) atoms. The van der Waals surface area contributed by atoms with E-state index in [9.17, 15) is 9.59 Å². The van der Waals surface area contributed by atoms with Gasteiger partial charge in [-0.05, 0) is 58.6 Å². The van der Waals surface area contributed by atoms with Crippen molar-refractivity contribution < 1.29 is 19.1 Å². The summed E-state index contributed by atoms with van der Waals surface area (Å²) in [5.41, 5.74) is 3.62. The lowest BCUT2D eigenvalue weighted by Crippen LogP contribution is -2.33. The highest BCUT2D eigenvalue weighted by molar-refractivity contribution is 6.31. The second kappa shape index (κ2) is 16.7. The van der Waals surface area contributed by atoms with Crippen LogP contribution in [-0.4, -0.2) is 48.9 Å². The zero-order valence-electron chi connectivity index (χ0n) is 25.8. The van der Waals surface area contributed by atoms with Gasteiger partial charge in [0.1, 0.15) is 23.0 Å². The quantitative estimate of drug-likeness (QED) is 0.127. The number of carbonyl (C=O) groups is 2. The van der Waals surface area contributed by atoms with E-state index in [-0.39, 0.29) is 12.5 Å². The van der Waals surface area contributed by atoms with E-state index in [1.54, 1.807) is 0 Å². The molecule has 0 bridgehead atoms. The lowest BCUT2D eigenvalue weighted by molar-refractivity contribution is -0.120. The number of unbranched alkanes of at least 4 members (excludes halogenated alkanes) is 1. The molecule has 0 aliphatic carbocycles. The monoisotopic (exact) mass is 609 g/mol. The van der Waals surface area contributed by atoms with Gasteiger partial charge in [-0.1, -0.05) is 72.3 Å². The van der Waals surface area contributed by atoms with Crippen molar-refractivity contribution in [2.75, 3.05) is 41.8 Å². The third kappa shape index (κ3) is 11.4. The van der Waals surface area contributed by atoms with E-state index in [0.29, 0.717) is 55.1 Å². The average Bonchev–Trinajstić information content (AvgIpc) is 2.96. The molecule has 2 aromatic carbocycles. The van der Waals surface area contributed by atoms with Gasteiger partial charge in [-0.25, -0.2) is 9.78 Å². The zero-order chi connectivity index (χ0) is 31.2. The normalized spacial score (nSPS) is 11.1. The number of aromatic nitrogens is 1. The molecule has 3 rings (SSSR count). The Bertz CT molecular complexity index is 1270. The number of nitrogens with one attached hydrogen (secondary N) is 3. The van der Waals surface area contributed by atoms with Crippen LogP contribution in [0.15, 0.2) is 60.7 Å². The SMILES string of the molecule is CCOCC(=O)Nc1c(N(Cc2ccccc2)Cc2ccccc2)nc(Cl)c(C)c1NCCCCNC(=O)OC(C)(C)C. The summed E-state index contributed by atoms with van der Waals surface area (Å²) in [5, 5.41) is 9.68. The third-order valence-corrected chi connectivity index (χ3v) is 6.74. The maximum Gasteiger partial charge on any atom is 0.407 e. The van der Waals surface area contributed by atoms with Crippen LogP contribution in [0.2, 0.25) is 5.15 Å². The smallest absolute Gasteiger partial charge is 0.407 e. The van der Waals surface area contributed by atoms with E-state index in [1.807, 2.05) is 71.0 Å². The molecule has 0 saturated heterocycles. The van der Waals surface area contributed by atoms with Gasteiger partial charge >= 0.3 is 6.09 Å². The largest absolute Gasteiger partial charge is 0.444 e. The van der Waals surface area contributed by atoms with Crippen LogP contribution in [0.4, 0.5) is 22.0 Å². The summed E-state index contributed by atoms with van der Waals surface area (Å²) in [7, 11) is 0. The van der Waals surface area contributed by atoms with Crippen LogP contribution in [0.3, 0.4) is 0 Å². The van der Waals surface area contributed by atoms with Gasteiger partial charge in [0.25, 0.3) is 5.91 Å². The molecule has 9 nitrogen and oxygen atoms in total. The maximum atomic E-state index is 13.0. The summed E-state index contributed by atoms with van der Waals surface area (Å²) >= 11 is 6.73. The van der Waals surface area contributed by atoms with Gasteiger partial charge in [0.05, 0.1) is 5.69 Å². The maximum absolute atomic E-state index is 13.0. The van der Waals surface area contributed by atoms with Crippen molar-refractivity contribution in [3.63, 3.8) is 0 Å². The number of halogens is 1. The highest BCUT2D eigenvalue weighted by Gasteiger charge is 2.23. The number of amides is 2. The van der Waals surface area contributed by atoms with Gasteiger partial charge in [0.2, 0.25) is 0 Å². The van der Waals surface area contributed by atoms with Crippen LogP contribution in [-0.2, 0) is 27.4 Å². The summed E-state index contributed by atoms with van der Waals surface area (Å²) in [6.07, 6.45) is 1.06. The number of ether oxygens (including phenoxy) is 2. The van der Waals surface area contributed by atoms with Gasteiger partial charge in [0, 0.05) is 38.3 Å². The predicted octanol–water partition coefficient (Wildman–Crippen LogP) is 6.94. The van der Waals surface area contributed by atoms with E-state index in [4.69, 9.17) is 26.1 Å². The minimum Gasteiger partial charge on any atom is -0.444 e. The minimum absolute atomic E-state index is 0.0786. The molecule has 0 radical (unpaired) electrons. The van der Waals surface area contributed by atoms with Crippen LogP contribution in [0, 0.1) is 6.92 Å². The number of hydrogen-bond donors (Lipinski definition) is 3. The van der Waals surface area contributed by atoms with Crippen molar-refractivity contribution in [1.82, 2.24) is 10.3 Å². The fraction of sp³-hybridized carbons (Fsp3) is 0.424. The average molecular weight is 610 g/mol. The van der Waals surface area contributed by atoms with Gasteiger partial charge < -0.3 is 30.3 Å². The fourth-order valence-electron chi connectivity index (χ4n) is 4.35. The molecule has 0 atom stereocenters. The van der Waals surface area contributed by atoms with Crippen LogP contribution in [0.1, 0.15) is 57.2 Å². The first-order valence-electron chi connectivity index (χ1n) is 14.7. The number of benzene rings is 2. The van der Waals surface area contributed by atoms with Crippen molar-refractivity contribution in [3.05, 3.63) is 82.5 Å². The topological polar surface area (TPSA) is 105 Å². The summed E-state index contributed by atoms with van der Waals surface area (Å²) in [4.78, 5) is 31.9. The van der Waals surface area contributed by atoms with E-state index in [2.05, 4.69) is 45.1 Å². The molecule has 0 unspecified atom stereocenters. The Hall–Kier alpha value is -3.82. The molecule has 0 fully saturated rings. The highest BCUT2D eigenvalue weighted by Crippen LogP contribution is 2.39. The van der Waals surface area contributed by atoms with Crippen molar-refractivity contribution in [3.8, 4) is 0 Å². The molecule has 1 aromatic heterocycles. The van der Waals surface area contributed by atoms with Crippen LogP contribution in [0.25, 0.3) is 0 Å². The summed E-state index contributed by atoms with van der Waals surface area (Å²) in [6, 6.07) is 20.2. The molecular weight excluding hydrogens is 566 g/mol. The Labute approximate surface area is 260 Å². The van der Waals surface area contributed by atoms with E-state index in [0.717, 1.165) is 29.5 Å². The molecule has 0 saturated carbocycles. The van der Waals surface area contributed by atoms with Crippen LogP contribution < -0.4 is 20.9 Å². The zero-order valence-corrected chi connectivity index (χ0v) is 26.6. The number of rotatable bonds is 15. The number of alkyl carbamates (subject to hydrolysis) is 1. The lowest BCUT2D eigenvalue weighted by Gasteiger charge is -2.29. The van der Waals surface area contributed by atoms with E-state index < -0.39 is 11.7 Å². The first-order chi connectivity index (χ1) is 20.6. The van der Waals surface area contributed by atoms with Crippen molar-refractivity contribution >= 4 is 40.8 Å². The Kier molecular flexibility index (Phi) is 13.1. The first-order valence-corrected chi connectivity index (χ1v) is 15.1. The minimum atomic E-state index is -0.542. The molecule has 1 heterocycles. The van der Waals surface area contributed by atoms with E-state index >= 15 is 0 Å².